The van der Waals surface area contributed by atoms with Crippen molar-refractivity contribution in [1.82, 2.24) is 14.9 Å². The van der Waals surface area contributed by atoms with Gasteiger partial charge < -0.3 is 10.1 Å². The van der Waals surface area contributed by atoms with Crippen LogP contribution in [0.2, 0.25) is 5.02 Å². The summed E-state index contributed by atoms with van der Waals surface area (Å²) in [6, 6.07) is 4.66. The number of carbonyl (C=O) groups is 2. The third-order valence-corrected chi connectivity index (χ3v) is 2.50. The molecule has 0 aliphatic heterocycles. The summed E-state index contributed by atoms with van der Waals surface area (Å²) >= 11 is 5.82. The third kappa shape index (κ3) is 3.23. The van der Waals surface area contributed by atoms with E-state index in [-0.39, 0.29) is 0 Å². The minimum absolute atomic E-state index is 0.295. The first kappa shape index (κ1) is 13.8. The summed E-state index contributed by atoms with van der Waals surface area (Å²) in [7, 11) is 1.44. The summed E-state index contributed by atoms with van der Waals surface area (Å²) in [5.74, 6) is -1.37. The molecule has 0 saturated carbocycles. The molecular formula is C11H10ClN5O3. The number of nitrogens with zero attached hydrogens (tertiary/aromatic N) is 3. The van der Waals surface area contributed by atoms with E-state index in [0.717, 1.165) is 4.68 Å². The van der Waals surface area contributed by atoms with Crippen molar-refractivity contribution >= 4 is 29.1 Å². The largest absolute Gasteiger partial charge is 0.495 e. The summed E-state index contributed by atoms with van der Waals surface area (Å²) < 4.78 is 6.21. The molecule has 0 unspecified atom stereocenters. The number of benzene rings is 1. The Kier molecular flexibility index (Phi) is 4.16. The summed E-state index contributed by atoms with van der Waals surface area (Å²) in [6.07, 6.45) is 2.48. The number of hydrogen-bond donors (Lipinski definition) is 2. The van der Waals surface area contributed by atoms with Gasteiger partial charge in [0.1, 0.15) is 18.4 Å². The Morgan fingerprint density at radius 3 is 2.60 bits per heavy atom. The van der Waals surface area contributed by atoms with E-state index in [4.69, 9.17) is 16.3 Å². The van der Waals surface area contributed by atoms with Crippen LogP contribution in [-0.4, -0.2) is 33.8 Å². The lowest BCUT2D eigenvalue weighted by molar-refractivity contribution is -0.133. The molecule has 1 aromatic carbocycles. The highest BCUT2D eigenvalue weighted by molar-refractivity contribution is 6.42. The Balaban J connectivity index is 2.07. The van der Waals surface area contributed by atoms with Gasteiger partial charge in [0.25, 0.3) is 0 Å². The number of halogens is 1. The molecule has 0 radical (unpaired) electrons. The van der Waals surface area contributed by atoms with Crippen LogP contribution >= 0.6 is 11.6 Å². The number of carbonyl (C=O) groups excluding carboxylic acids is 2. The molecule has 104 valence electrons. The summed E-state index contributed by atoms with van der Waals surface area (Å²) in [5.41, 5.74) is 2.56. The number of rotatable bonds is 3. The maximum absolute atomic E-state index is 11.7. The summed E-state index contributed by atoms with van der Waals surface area (Å²) in [5, 5.41) is 9.78. The van der Waals surface area contributed by atoms with E-state index in [1.807, 2.05) is 0 Å². The maximum atomic E-state index is 11.7. The van der Waals surface area contributed by atoms with Gasteiger partial charge in [-0.1, -0.05) is 11.6 Å². The molecule has 0 aliphatic rings. The average molecular weight is 296 g/mol. The van der Waals surface area contributed by atoms with Gasteiger partial charge in [-0.3, -0.25) is 15.0 Å². The van der Waals surface area contributed by atoms with E-state index in [9.17, 15) is 9.59 Å². The Morgan fingerprint density at radius 1 is 1.25 bits per heavy atom. The first-order valence-corrected chi connectivity index (χ1v) is 5.78. The molecule has 0 spiro atoms. The molecule has 2 rings (SSSR count). The first-order chi connectivity index (χ1) is 9.60. The first-order valence-electron chi connectivity index (χ1n) is 5.40. The molecule has 0 aliphatic carbocycles. The SMILES string of the molecule is COc1ccc(Cl)cc1NC(=O)C(=O)Nn1cnnc1. The molecule has 0 atom stereocenters. The summed E-state index contributed by atoms with van der Waals surface area (Å²) in [6.45, 7) is 0. The van der Waals surface area contributed by atoms with Gasteiger partial charge >= 0.3 is 11.8 Å². The highest BCUT2D eigenvalue weighted by Gasteiger charge is 2.16. The molecule has 2 amide bonds. The zero-order valence-electron chi connectivity index (χ0n) is 10.3. The van der Waals surface area contributed by atoms with Crippen LogP contribution in [0.1, 0.15) is 0 Å². The predicted molar refractivity (Wildman–Crippen MR) is 71.0 cm³/mol. The lowest BCUT2D eigenvalue weighted by atomic mass is 10.3. The topological polar surface area (TPSA) is 98.1 Å². The van der Waals surface area contributed by atoms with Gasteiger partial charge in [0, 0.05) is 5.02 Å². The number of ether oxygens (including phenoxy) is 1. The Morgan fingerprint density at radius 2 is 1.95 bits per heavy atom. The van der Waals surface area contributed by atoms with Crippen LogP contribution < -0.4 is 15.5 Å². The molecule has 0 saturated heterocycles. The van der Waals surface area contributed by atoms with Crippen LogP contribution in [0.4, 0.5) is 5.69 Å². The standard InChI is InChI=1S/C11H10ClN5O3/c1-20-9-3-2-7(12)4-8(9)15-10(18)11(19)16-17-5-13-14-6-17/h2-6H,1H3,(H,15,18)(H,16,19). The minimum atomic E-state index is -0.883. The monoisotopic (exact) mass is 295 g/mol. The average Bonchev–Trinajstić information content (AvgIpc) is 2.91. The third-order valence-electron chi connectivity index (χ3n) is 2.27. The van der Waals surface area contributed by atoms with E-state index in [1.165, 1.54) is 25.8 Å². The van der Waals surface area contributed by atoms with Crippen molar-refractivity contribution in [2.75, 3.05) is 17.9 Å². The van der Waals surface area contributed by atoms with E-state index >= 15 is 0 Å². The Bertz CT molecular complexity index is 629. The van der Waals surface area contributed by atoms with E-state index in [2.05, 4.69) is 20.9 Å². The fraction of sp³-hybridized carbons (Fsp3) is 0.0909. The highest BCUT2D eigenvalue weighted by atomic mass is 35.5. The van der Waals surface area contributed by atoms with Gasteiger partial charge in [-0.15, -0.1) is 10.2 Å². The number of anilines is 1. The van der Waals surface area contributed by atoms with Gasteiger partial charge in [0.05, 0.1) is 12.8 Å². The Hall–Kier alpha value is -2.61. The van der Waals surface area contributed by atoms with E-state index in [1.54, 1.807) is 12.1 Å². The van der Waals surface area contributed by atoms with Crippen LogP contribution in [0.15, 0.2) is 30.9 Å². The predicted octanol–water partition coefficient (Wildman–Crippen LogP) is 0.649. The van der Waals surface area contributed by atoms with Crippen molar-refractivity contribution in [2.24, 2.45) is 0 Å². The van der Waals surface area contributed by atoms with Crippen LogP contribution in [0.25, 0.3) is 0 Å². The number of aromatic nitrogens is 3. The summed E-state index contributed by atoms with van der Waals surface area (Å²) in [4.78, 5) is 23.4. The zero-order valence-corrected chi connectivity index (χ0v) is 11.1. The van der Waals surface area contributed by atoms with E-state index < -0.39 is 11.8 Å². The van der Waals surface area contributed by atoms with Gasteiger partial charge in [-0.2, -0.15) is 0 Å². The lowest BCUT2D eigenvalue weighted by Gasteiger charge is -2.10. The molecule has 0 fully saturated rings. The van der Waals surface area contributed by atoms with Crippen molar-refractivity contribution in [3.63, 3.8) is 0 Å². The molecular weight excluding hydrogens is 286 g/mol. The van der Waals surface area contributed by atoms with Crippen LogP contribution in [-0.2, 0) is 9.59 Å². The van der Waals surface area contributed by atoms with Crippen molar-refractivity contribution in [3.05, 3.63) is 35.9 Å². The van der Waals surface area contributed by atoms with Crippen molar-refractivity contribution in [1.29, 1.82) is 0 Å². The second-order valence-corrected chi connectivity index (χ2v) is 4.05. The van der Waals surface area contributed by atoms with E-state index in [0.29, 0.717) is 16.5 Å². The fourth-order valence-electron chi connectivity index (χ4n) is 1.38. The van der Waals surface area contributed by atoms with Gasteiger partial charge in [0.15, 0.2) is 0 Å². The van der Waals surface area contributed by atoms with Crippen molar-refractivity contribution in [2.45, 2.75) is 0 Å². The molecule has 8 nitrogen and oxygen atoms in total. The zero-order chi connectivity index (χ0) is 14.5. The van der Waals surface area contributed by atoms with Gasteiger partial charge in [0.2, 0.25) is 0 Å². The minimum Gasteiger partial charge on any atom is -0.495 e. The number of amides is 2. The van der Waals surface area contributed by atoms with Crippen LogP contribution in [0, 0.1) is 0 Å². The number of hydrogen-bond acceptors (Lipinski definition) is 5. The molecule has 1 aromatic heterocycles. The highest BCUT2D eigenvalue weighted by Crippen LogP contribution is 2.27. The number of methoxy groups -OCH3 is 1. The maximum Gasteiger partial charge on any atom is 0.328 e. The fourth-order valence-corrected chi connectivity index (χ4v) is 1.56. The Labute approximate surface area is 118 Å². The van der Waals surface area contributed by atoms with Crippen LogP contribution in [0.5, 0.6) is 5.75 Å². The molecule has 20 heavy (non-hydrogen) atoms. The lowest BCUT2D eigenvalue weighted by Crippen LogP contribution is -2.33. The molecule has 2 N–H and O–H groups in total. The molecule has 0 bridgehead atoms. The van der Waals surface area contributed by atoms with Crippen molar-refractivity contribution in [3.8, 4) is 5.75 Å². The normalized spacial score (nSPS) is 9.90. The van der Waals surface area contributed by atoms with Crippen molar-refractivity contribution < 1.29 is 14.3 Å². The molecule has 2 aromatic rings. The number of nitrogens with one attached hydrogen (secondary N) is 2. The second kappa shape index (κ2) is 6.02. The quantitative estimate of drug-likeness (QED) is 0.810. The smallest absolute Gasteiger partial charge is 0.328 e. The van der Waals surface area contributed by atoms with Crippen LogP contribution in [0.3, 0.4) is 0 Å². The second-order valence-electron chi connectivity index (χ2n) is 3.61. The van der Waals surface area contributed by atoms with Gasteiger partial charge in [-0.05, 0) is 18.2 Å². The van der Waals surface area contributed by atoms with Gasteiger partial charge in [-0.25, -0.2) is 4.68 Å². The molecule has 9 heteroatoms. The molecule has 1 heterocycles.